The van der Waals surface area contributed by atoms with E-state index in [1.165, 1.54) is 16.0 Å². The number of aliphatic hydroxyl groups excluding tert-OH is 1. The van der Waals surface area contributed by atoms with Crippen molar-refractivity contribution in [3.63, 3.8) is 0 Å². The number of ether oxygens (including phenoxy) is 2. The van der Waals surface area contributed by atoms with E-state index in [4.69, 9.17) is 21.1 Å². The van der Waals surface area contributed by atoms with E-state index in [1.54, 1.807) is 42.5 Å². The zero-order valence-electron chi connectivity index (χ0n) is 18.8. The molecular formula is C28H22ClNO5. The predicted octanol–water partition coefficient (Wildman–Crippen LogP) is 5.57. The largest absolute Gasteiger partial charge is 0.507 e. The molecule has 0 saturated carbocycles. The number of carbonyl (C=O) groups is 2. The highest BCUT2D eigenvalue weighted by Crippen LogP contribution is 2.45. The lowest BCUT2D eigenvalue weighted by molar-refractivity contribution is -0.132. The normalized spacial score (nSPS) is 20.3. The molecule has 3 aromatic rings. The maximum absolute atomic E-state index is 13.4. The summed E-state index contributed by atoms with van der Waals surface area (Å²) >= 11 is 6.12. The highest BCUT2D eigenvalue weighted by Gasteiger charge is 2.47. The molecule has 1 amide bonds. The number of aryl methyl sites for hydroxylation is 2. The van der Waals surface area contributed by atoms with Crippen LogP contribution in [0.4, 0.5) is 5.69 Å². The molecule has 6 nitrogen and oxygen atoms in total. The Balaban J connectivity index is 1.52. The van der Waals surface area contributed by atoms with E-state index in [0.717, 1.165) is 25.7 Å². The number of ketones is 1. The molecule has 1 aliphatic carbocycles. The topological polar surface area (TPSA) is 76.1 Å². The third kappa shape index (κ3) is 3.65. The molecular weight excluding hydrogens is 466 g/mol. The minimum absolute atomic E-state index is 0.0470. The summed E-state index contributed by atoms with van der Waals surface area (Å²) in [6.07, 6.45) is 4.18. The predicted molar refractivity (Wildman–Crippen MR) is 132 cm³/mol. The lowest BCUT2D eigenvalue weighted by Crippen LogP contribution is -2.29. The summed E-state index contributed by atoms with van der Waals surface area (Å²) in [5.74, 6) is -0.572. The first kappa shape index (κ1) is 21.7. The number of halogens is 1. The van der Waals surface area contributed by atoms with Gasteiger partial charge in [-0.3, -0.25) is 14.5 Å². The van der Waals surface area contributed by atoms with E-state index in [0.29, 0.717) is 33.3 Å². The number of benzene rings is 3. The first-order valence-corrected chi connectivity index (χ1v) is 12.0. The number of carbonyl (C=O) groups excluding carboxylic acids is 2. The molecule has 2 heterocycles. The maximum atomic E-state index is 13.4. The third-order valence-electron chi connectivity index (χ3n) is 6.89. The lowest BCUT2D eigenvalue weighted by atomic mass is 9.88. The summed E-state index contributed by atoms with van der Waals surface area (Å²) in [5.41, 5.74) is 4.15. The van der Waals surface area contributed by atoms with Crippen molar-refractivity contribution < 1.29 is 24.2 Å². The Morgan fingerprint density at radius 1 is 0.886 bits per heavy atom. The van der Waals surface area contributed by atoms with Gasteiger partial charge in [-0.15, -0.1) is 0 Å². The summed E-state index contributed by atoms with van der Waals surface area (Å²) in [4.78, 5) is 28.2. The molecule has 1 fully saturated rings. The van der Waals surface area contributed by atoms with Crippen LogP contribution in [0.25, 0.3) is 5.76 Å². The van der Waals surface area contributed by atoms with E-state index < -0.39 is 17.7 Å². The van der Waals surface area contributed by atoms with Crippen LogP contribution in [-0.2, 0) is 22.4 Å². The van der Waals surface area contributed by atoms with Gasteiger partial charge in [-0.25, -0.2) is 0 Å². The number of Topliss-reactive ketones (excluding diaryl/α,β-unsaturated/α-hetero) is 1. The second kappa shape index (κ2) is 8.47. The van der Waals surface area contributed by atoms with Gasteiger partial charge in [-0.2, -0.15) is 0 Å². The van der Waals surface area contributed by atoms with E-state index in [-0.39, 0.29) is 18.1 Å². The molecule has 1 N–H and O–H groups in total. The molecule has 1 unspecified atom stereocenters. The van der Waals surface area contributed by atoms with Crippen molar-refractivity contribution in [2.75, 3.05) is 11.7 Å². The number of amides is 1. The number of rotatable bonds is 3. The number of aliphatic hydroxyl groups is 1. The van der Waals surface area contributed by atoms with Crippen molar-refractivity contribution in [3.05, 3.63) is 93.5 Å². The monoisotopic (exact) mass is 487 g/mol. The van der Waals surface area contributed by atoms with Gasteiger partial charge in [0.2, 0.25) is 6.79 Å². The number of anilines is 1. The van der Waals surface area contributed by atoms with Gasteiger partial charge in [-0.05, 0) is 72.7 Å². The van der Waals surface area contributed by atoms with Crippen molar-refractivity contribution in [3.8, 4) is 11.5 Å². The van der Waals surface area contributed by atoms with Gasteiger partial charge in [0.15, 0.2) is 11.5 Å². The smallest absolute Gasteiger partial charge is 0.300 e. The van der Waals surface area contributed by atoms with Crippen LogP contribution in [0.1, 0.15) is 41.1 Å². The number of nitrogens with zero attached hydrogens (tertiary/aromatic N) is 1. The SMILES string of the molecule is O=C1C(=O)N(c2ccc3c(c2)OCO3)C(c2ccc(Cl)cc2)/C1=C(/O)c1ccc2c(c1)CCCC2. The molecule has 3 aromatic carbocycles. The molecule has 7 heteroatoms. The van der Waals surface area contributed by atoms with Crippen LogP contribution in [0.5, 0.6) is 11.5 Å². The first-order valence-electron chi connectivity index (χ1n) is 11.6. The Labute approximate surface area is 207 Å². The Bertz CT molecular complexity index is 1390. The standard InChI is InChI=1S/C28H22ClNO5/c29-20-9-7-17(8-10-20)25-24(26(31)19-6-5-16-3-1-2-4-18(16)13-19)27(32)28(33)30(25)21-11-12-22-23(14-21)35-15-34-22/h5-14,25,31H,1-4,15H2/b26-24-. The van der Waals surface area contributed by atoms with E-state index >= 15 is 0 Å². The van der Waals surface area contributed by atoms with Gasteiger partial charge in [-0.1, -0.05) is 35.9 Å². The van der Waals surface area contributed by atoms with Crippen LogP contribution >= 0.6 is 11.6 Å². The summed E-state index contributed by atoms with van der Waals surface area (Å²) < 4.78 is 10.9. The van der Waals surface area contributed by atoms with Crippen LogP contribution in [0.15, 0.2) is 66.2 Å². The zero-order valence-corrected chi connectivity index (χ0v) is 19.5. The minimum atomic E-state index is -0.830. The second-order valence-corrected chi connectivity index (χ2v) is 9.39. The molecule has 0 radical (unpaired) electrons. The highest BCUT2D eigenvalue weighted by atomic mass is 35.5. The van der Waals surface area contributed by atoms with Crippen LogP contribution in [-0.4, -0.2) is 23.6 Å². The summed E-state index contributed by atoms with van der Waals surface area (Å²) in [6.45, 7) is 0.0938. The van der Waals surface area contributed by atoms with Gasteiger partial charge in [0.1, 0.15) is 5.76 Å². The van der Waals surface area contributed by atoms with Crippen molar-refractivity contribution in [2.24, 2.45) is 0 Å². The van der Waals surface area contributed by atoms with Crippen LogP contribution in [0, 0.1) is 0 Å². The molecule has 0 spiro atoms. The van der Waals surface area contributed by atoms with Crippen LogP contribution in [0.2, 0.25) is 5.02 Å². The van der Waals surface area contributed by atoms with Crippen molar-refractivity contribution >= 4 is 34.7 Å². The fourth-order valence-electron chi connectivity index (χ4n) is 5.13. The van der Waals surface area contributed by atoms with Gasteiger partial charge in [0, 0.05) is 22.3 Å². The van der Waals surface area contributed by atoms with Crippen molar-refractivity contribution in [1.82, 2.24) is 0 Å². The quantitative estimate of drug-likeness (QED) is 0.297. The number of hydrogen-bond donors (Lipinski definition) is 1. The molecule has 0 bridgehead atoms. The minimum Gasteiger partial charge on any atom is -0.507 e. The zero-order chi connectivity index (χ0) is 24.1. The Hall–Kier alpha value is -3.77. The fraction of sp³-hybridized carbons (Fsp3) is 0.214. The second-order valence-electron chi connectivity index (χ2n) is 8.95. The molecule has 3 aliphatic rings. The summed E-state index contributed by atoms with van der Waals surface area (Å²) in [7, 11) is 0. The first-order chi connectivity index (χ1) is 17.0. The Kier molecular flexibility index (Phi) is 5.26. The molecule has 2 aliphatic heterocycles. The molecule has 0 aromatic heterocycles. The molecule has 1 saturated heterocycles. The average Bonchev–Trinajstić information content (AvgIpc) is 3.45. The van der Waals surface area contributed by atoms with E-state index in [9.17, 15) is 14.7 Å². The maximum Gasteiger partial charge on any atom is 0.300 e. The third-order valence-corrected chi connectivity index (χ3v) is 7.14. The van der Waals surface area contributed by atoms with Gasteiger partial charge < -0.3 is 14.6 Å². The molecule has 176 valence electrons. The molecule has 6 rings (SSSR count). The van der Waals surface area contributed by atoms with Crippen LogP contribution in [0.3, 0.4) is 0 Å². The molecule has 1 atom stereocenters. The van der Waals surface area contributed by atoms with E-state index in [1.807, 2.05) is 18.2 Å². The Morgan fingerprint density at radius 2 is 1.63 bits per heavy atom. The Morgan fingerprint density at radius 3 is 2.43 bits per heavy atom. The van der Waals surface area contributed by atoms with Gasteiger partial charge in [0.25, 0.3) is 11.7 Å². The number of hydrogen-bond acceptors (Lipinski definition) is 5. The summed E-state index contributed by atoms with van der Waals surface area (Å²) in [5, 5.41) is 12.0. The lowest BCUT2D eigenvalue weighted by Gasteiger charge is -2.26. The molecule has 35 heavy (non-hydrogen) atoms. The van der Waals surface area contributed by atoms with Crippen LogP contribution < -0.4 is 14.4 Å². The summed E-state index contributed by atoms with van der Waals surface area (Å²) in [6, 6.07) is 17.0. The fourth-order valence-corrected chi connectivity index (χ4v) is 5.26. The van der Waals surface area contributed by atoms with Crippen molar-refractivity contribution in [2.45, 2.75) is 31.7 Å². The van der Waals surface area contributed by atoms with E-state index in [2.05, 4.69) is 0 Å². The average molecular weight is 488 g/mol. The number of fused-ring (bicyclic) bond motifs is 2. The van der Waals surface area contributed by atoms with Gasteiger partial charge in [0.05, 0.1) is 11.6 Å². The van der Waals surface area contributed by atoms with Crippen molar-refractivity contribution in [1.29, 1.82) is 0 Å². The van der Waals surface area contributed by atoms with Gasteiger partial charge >= 0.3 is 0 Å². The highest BCUT2D eigenvalue weighted by molar-refractivity contribution is 6.51.